The van der Waals surface area contributed by atoms with Gasteiger partial charge in [0, 0.05) is 38.0 Å². The lowest BCUT2D eigenvalue weighted by molar-refractivity contribution is -0.266. The molecule has 1 N–H and O–H groups in total. The molecule has 19 atom stereocenters. The summed E-state index contributed by atoms with van der Waals surface area (Å²) in [5, 5.41) is -0.853. The van der Waals surface area contributed by atoms with E-state index < -0.39 is 94.5 Å². The van der Waals surface area contributed by atoms with Gasteiger partial charge in [-0.05, 0) is 186 Å². The van der Waals surface area contributed by atoms with Crippen molar-refractivity contribution in [3.8, 4) is 0 Å². The smallest absolute Gasteiger partial charge is 0.193 e. The molecule has 1 aromatic carbocycles. The Hall–Kier alpha value is 0.194. The number of methoxy groups -OCH3 is 1. The van der Waals surface area contributed by atoms with Crippen LogP contribution >= 0.6 is 34.4 Å². The molecule has 6 fully saturated rings. The van der Waals surface area contributed by atoms with Crippen molar-refractivity contribution in [3.05, 3.63) is 63.8 Å². The fourth-order valence-corrected chi connectivity index (χ4v) is 22.9. The number of hydrogen-bond acceptors (Lipinski definition) is 15. The molecule has 23 heteroatoms. The minimum Gasteiger partial charge on any atom is -0.414 e. The zero-order valence-corrected chi connectivity index (χ0v) is 77.5. The molecule has 5 unspecified atom stereocenters. The van der Waals surface area contributed by atoms with Gasteiger partial charge in [0.25, 0.3) is 0 Å². The minimum absolute atomic E-state index is 0.00236. The maximum atomic E-state index is 14.0. The van der Waals surface area contributed by atoms with Crippen LogP contribution in [0.5, 0.6) is 0 Å². The number of benzene rings is 1. The largest absolute Gasteiger partial charge is 0.414 e. The van der Waals surface area contributed by atoms with Gasteiger partial charge in [0.15, 0.2) is 59.0 Å². The number of ether oxygens (including phenoxy) is 8. The normalized spacial score (nSPS) is 30.9. The monoisotopic (exact) mass is 1660 g/mol. The van der Waals surface area contributed by atoms with Crippen LogP contribution in [0.25, 0.3) is 0 Å². The summed E-state index contributed by atoms with van der Waals surface area (Å²) in [6.45, 7) is 73.2. The first-order chi connectivity index (χ1) is 46.9. The lowest BCUT2D eigenvalue weighted by atomic mass is 9.83. The highest BCUT2D eigenvalue weighted by atomic mass is 127. The van der Waals surface area contributed by atoms with Crippen LogP contribution in [0.4, 0.5) is 0 Å². The van der Waals surface area contributed by atoms with E-state index >= 15 is 0 Å². The zero-order chi connectivity index (χ0) is 76.5. The van der Waals surface area contributed by atoms with Crippen LogP contribution in [0.15, 0.2) is 57.6 Å². The van der Waals surface area contributed by atoms with Crippen LogP contribution in [-0.2, 0) is 77.5 Å². The summed E-state index contributed by atoms with van der Waals surface area (Å²) in [5.41, 5.74) is 4.11. The summed E-state index contributed by atoms with van der Waals surface area (Å²) in [6.07, 6.45) is 5.35. The van der Waals surface area contributed by atoms with Crippen molar-refractivity contribution in [1.82, 2.24) is 0 Å². The Morgan fingerprint density at radius 2 is 1.25 bits per heavy atom. The summed E-state index contributed by atoms with van der Waals surface area (Å²) in [5.74, 6) is 0.622. The molecule has 0 aromatic heterocycles. The van der Waals surface area contributed by atoms with Crippen molar-refractivity contribution in [2.75, 3.05) is 32.7 Å². The topological polar surface area (TPSA) is 157 Å². The Morgan fingerprint density at radius 3 is 1.81 bits per heavy atom. The maximum Gasteiger partial charge on any atom is 0.193 e. The third-order valence-corrected chi connectivity index (χ3v) is 51.0. The van der Waals surface area contributed by atoms with Gasteiger partial charge in [-0.1, -0.05) is 166 Å². The predicted molar refractivity (Wildman–Crippen MR) is 442 cm³/mol. The van der Waals surface area contributed by atoms with Crippen molar-refractivity contribution < 1.29 is 68.8 Å². The first-order valence-electron chi connectivity index (χ1n) is 38.7. The van der Waals surface area contributed by atoms with Gasteiger partial charge in [0.05, 0.1) is 97.1 Å². The molecule has 0 spiro atoms. The van der Waals surface area contributed by atoms with Gasteiger partial charge >= 0.3 is 0 Å². The fraction of sp³-hybridized carbons (Fsp3) is 0.848. The third kappa shape index (κ3) is 22.3. The minimum atomic E-state index is -2.62. The summed E-state index contributed by atoms with van der Waals surface area (Å²) in [4.78, 5) is 0.384. The highest BCUT2D eigenvalue weighted by Crippen LogP contribution is 2.53. The molecule has 588 valence electrons. The summed E-state index contributed by atoms with van der Waals surface area (Å²) in [6, 6.07) is 6.01. The molecule has 6 heterocycles. The molecule has 1 aromatic rings. The SMILES string of the molecule is C=C1C[C@H](CCC2OCCO2)O[C@H]1CC[C@H]1C[C@H](C)C(=C)[C@@H](C[C@@H]2O[C@H](C[C@@H](CO[Si](C)(C)C(C)(C)C)O[Si](C)(C)C(C)(C)C)[C@H](OC)[C@H]2CSC(c2cc(CC)ccc2S(=O)O)[C@H]2CC[C@@H]3O[C@@H](C(/C=C/I)O[Si](C)(C)C(C)(C)C)C(O[Si](C)(C)C(C)(C)C)C(O[Si](C)(C)C(C)(C)C)[C@H]3O2)O1. The molecule has 6 aliphatic rings. The summed E-state index contributed by atoms with van der Waals surface area (Å²) < 4.78 is 121. The number of thioether (sulfide) groups is 1. The highest BCUT2D eigenvalue weighted by molar-refractivity contribution is 14.1. The third-order valence-electron chi connectivity index (χ3n) is 25.8. The van der Waals surface area contributed by atoms with Crippen LogP contribution in [0.1, 0.15) is 198 Å². The summed E-state index contributed by atoms with van der Waals surface area (Å²) >= 11 is 1.81. The van der Waals surface area contributed by atoms with Crippen LogP contribution in [0.3, 0.4) is 0 Å². The molecule has 0 bridgehead atoms. The molecule has 0 aliphatic carbocycles. The molecule has 0 radical (unpaired) electrons. The average molecular weight is 1660 g/mol. The van der Waals surface area contributed by atoms with E-state index in [1.807, 2.05) is 19.2 Å². The first-order valence-corrected chi connectivity index (χ1v) is 56.7. The van der Waals surface area contributed by atoms with E-state index in [1.165, 1.54) is 0 Å². The van der Waals surface area contributed by atoms with E-state index in [9.17, 15) is 8.76 Å². The number of halogens is 1. The molecule has 6 aliphatic heterocycles. The van der Waals surface area contributed by atoms with Crippen molar-refractivity contribution >= 4 is 87.0 Å². The Kier molecular flexibility index (Phi) is 31.1. The van der Waals surface area contributed by atoms with Crippen molar-refractivity contribution in [2.45, 2.75) is 387 Å². The summed E-state index contributed by atoms with van der Waals surface area (Å²) in [7, 11) is -10.4. The molecule has 0 saturated carbocycles. The lowest BCUT2D eigenvalue weighted by Gasteiger charge is -2.56. The quantitative estimate of drug-likeness (QED) is 0.0324. The van der Waals surface area contributed by atoms with Crippen molar-refractivity contribution in [3.63, 3.8) is 0 Å². The van der Waals surface area contributed by atoms with Crippen LogP contribution in [-0.4, -0.2) is 181 Å². The number of fused-ring (bicyclic) bond motifs is 1. The van der Waals surface area contributed by atoms with Gasteiger partial charge in [0.2, 0.25) is 0 Å². The second kappa shape index (κ2) is 35.5. The number of rotatable bonds is 31. The molecular formula is C79H143IO15S2Si5. The molecule has 6 saturated heterocycles. The van der Waals surface area contributed by atoms with Crippen LogP contribution in [0.2, 0.25) is 90.7 Å². The molecule has 102 heavy (non-hydrogen) atoms. The van der Waals surface area contributed by atoms with E-state index in [2.05, 4.69) is 229 Å². The van der Waals surface area contributed by atoms with Gasteiger partial charge in [-0.3, -0.25) is 0 Å². The van der Waals surface area contributed by atoms with Crippen LogP contribution in [0, 0.1) is 11.8 Å². The molecule has 7 rings (SSSR count). The van der Waals surface area contributed by atoms with Crippen molar-refractivity contribution in [1.29, 1.82) is 0 Å². The van der Waals surface area contributed by atoms with E-state index in [0.717, 1.165) is 67.2 Å². The van der Waals surface area contributed by atoms with Crippen LogP contribution < -0.4 is 0 Å². The highest BCUT2D eigenvalue weighted by Gasteiger charge is 2.59. The predicted octanol–water partition coefficient (Wildman–Crippen LogP) is 20.6. The fourth-order valence-electron chi connectivity index (χ4n) is 14.0. The van der Waals surface area contributed by atoms with Crippen molar-refractivity contribution in [2.24, 2.45) is 11.8 Å². The maximum absolute atomic E-state index is 14.0. The second-order valence-corrected chi connectivity index (χ2v) is 65.1. The Balaban J connectivity index is 1.31. The molecule has 15 nitrogen and oxygen atoms in total. The van der Waals surface area contributed by atoms with E-state index in [-0.39, 0.29) is 98.3 Å². The Bertz CT molecular complexity index is 2950. The van der Waals surface area contributed by atoms with Gasteiger partial charge in [-0.2, -0.15) is 11.8 Å². The lowest BCUT2D eigenvalue weighted by Crippen LogP contribution is -2.69. The molecular weight excluding hydrogens is 1520 g/mol. The Labute approximate surface area is 646 Å². The van der Waals surface area contributed by atoms with E-state index in [0.29, 0.717) is 56.2 Å². The van der Waals surface area contributed by atoms with Gasteiger partial charge in [0.1, 0.15) is 24.4 Å². The van der Waals surface area contributed by atoms with Gasteiger partial charge < -0.3 is 64.6 Å². The van der Waals surface area contributed by atoms with E-state index in [1.54, 1.807) is 11.8 Å². The van der Waals surface area contributed by atoms with Gasteiger partial charge in [-0.25, -0.2) is 4.21 Å². The number of hydrogen-bond donors (Lipinski definition) is 1. The molecule has 0 amide bonds. The number of aryl methyl sites for hydroxylation is 1. The Morgan fingerprint density at radius 1 is 0.686 bits per heavy atom. The van der Waals surface area contributed by atoms with Gasteiger partial charge in [-0.15, -0.1) is 0 Å². The first kappa shape index (κ1) is 89.4. The average Bonchev–Trinajstić information content (AvgIpc) is 0.897. The second-order valence-electron chi connectivity index (χ2n) is 38.4. The van der Waals surface area contributed by atoms with E-state index in [4.69, 9.17) is 66.6 Å². The standard InChI is InChI=1S/C79H143IO15S2Si5/c1-31-54-32-38-67(97(81)82)58(46-54)74(63-37-36-61-70(91-63)72(94-101(27,28)78(14,15)16)73(95-102(29,30)79(17,18)19)71(90-61)62(40-41-80)93-100(25,26)77(11,12)13)96-50-59-65(89-66(69(59)83-20)47-57(92-99(23,24)76(8,9)10)49-86-98(21,22)75(5,6)7)48-64-53(4)51(2)44-55(88-64)33-35-60-52(3)45-56(87-60)34-39-68-84-42-43-85-68/h32,38,40-41,46,51,55-57,59-66,68-74H,3-4,31,33-37,39,42-45,47-50H2,1-2,5-30H3,(H,81,82)/b41-40+/t51-,55-,56-,57-,59-,60-,61-,62?,63+,64+,65-,66+,69+,70-,71-,72?,73?,74?/m0/s1. The zero-order valence-electron chi connectivity index (χ0n) is 68.7.